The predicted octanol–water partition coefficient (Wildman–Crippen LogP) is 2.75. The zero-order valence-corrected chi connectivity index (χ0v) is 12.3. The number of esters is 1. The molecule has 7 heteroatoms. The van der Waals surface area contributed by atoms with Crippen LogP contribution in [0.1, 0.15) is 30.1 Å². The van der Waals surface area contributed by atoms with Crippen LogP contribution in [-0.2, 0) is 4.74 Å². The average molecular weight is 309 g/mol. The van der Waals surface area contributed by atoms with Crippen LogP contribution in [0.5, 0.6) is 0 Å². The molecule has 0 spiro atoms. The Morgan fingerprint density at radius 2 is 2.09 bits per heavy atom. The Bertz CT molecular complexity index is 689. The van der Waals surface area contributed by atoms with E-state index >= 15 is 0 Å². The fraction of sp³-hybridized carbons (Fsp3) is 0.467. The number of hydrogen-bond acceptors (Lipinski definition) is 4. The Hall–Kier alpha value is -2.18. The molecule has 1 aliphatic rings. The Morgan fingerprint density at radius 1 is 1.36 bits per heavy atom. The summed E-state index contributed by atoms with van der Waals surface area (Å²) in [6, 6.07) is 3.32. The predicted molar refractivity (Wildman–Crippen MR) is 77.5 cm³/mol. The third kappa shape index (κ3) is 2.75. The SMILES string of the molecule is CCOC(=O)c1cc(N2CCC(F)(F)CC2)n2ccnc2c1. The summed E-state index contributed by atoms with van der Waals surface area (Å²) in [6.45, 7) is 2.50. The number of fused-ring (bicyclic) bond motifs is 1. The molecule has 5 nitrogen and oxygen atoms in total. The van der Waals surface area contributed by atoms with Gasteiger partial charge in [0.1, 0.15) is 11.5 Å². The lowest BCUT2D eigenvalue weighted by atomic mass is 10.1. The molecule has 0 bridgehead atoms. The first-order valence-electron chi connectivity index (χ1n) is 7.27. The second-order valence-electron chi connectivity index (χ2n) is 5.32. The molecule has 0 radical (unpaired) electrons. The third-order valence-corrected chi connectivity index (χ3v) is 3.82. The summed E-state index contributed by atoms with van der Waals surface area (Å²) in [5.74, 6) is -2.35. The number of nitrogens with zero attached hydrogens (tertiary/aromatic N) is 3. The molecule has 3 heterocycles. The van der Waals surface area contributed by atoms with Crippen molar-refractivity contribution in [3.63, 3.8) is 0 Å². The van der Waals surface area contributed by atoms with E-state index in [-0.39, 0.29) is 32.5 Å². The number of aromatic nitrogens is 2. The van der Waals surface area contributed by atoms with E-state index in [9.17, 15) is 13.6 Å². The summed E-state index contributed by atoms with van der Waals surface area (Å²) in [5.41, 5.74) is 0.978. The van der Waals surface area contributed by atoms with Crippen molar-refractivity contribution in [3.05, 3.63) is 30.1 Å². The van der Waals surface area contributed by atoms with Crippen molar-refractivity contribution in [2.45, 2.75) is 25.7 Å². The molecule has 1 aliphatic heterocycles. The van der Waals surface area contributed by atoms with Gasteiger partial charge in [0.25, 0.3) is 5.92 Å². The van der Waals surface area contributed by atoms with E-state index in [1.165, 1.54) is 0 Å². The van der Waals surface area contributed by atoms with E-state index in [0.29, 0.717) is 17.0 Å². The maximum atomic E-state index is 13.3. The van der Waals surface area contributed by atoms with Gasteiger partial charge >= 0.3 is 5.97 Å². The van der Waals surface area contributed by atoms with Crippen LogP contribution >= 0.6 is 0 Å². The van der Waals surface area contributed by atoms with Gasteiger partial charge in [-0.25, -0.2) is 18.6 Å². The molecule has 3 rings (SSSR count). The Morgan fingerprint density at radius 3 is 2.77 bits per heavy atom. The van der Waals surface area contributed by atoms with Gasteiger partial charge in [-0.3, -0.25) is 4.40 Å². The third-order valence-electron chi connectivity index (χ3n) is 3.82. The van der Waals surface area contributed by atoms with Gasteiger partial charge < -0.3 is 9.64 Å². The van der Waals surface area contributed by atoms with Crippen LogP contribution in [0, 0.1) is 0 Å². The zero-order chi connectivity index (χ0) is 15.7. The number of anilines is 1. The van der Waals surface area contributed by atoms with Gasteiger partial charge in [-0.05, 0) is 19.1 Å². The number of pyridine rings is 1. The second kappa shape index (κ2) is 5.55. The van der Waals surface area contributed by atoms with Crippen molar-refractivity contribution in [2.24, 2.45) is 0 Å². The summed E-state index contributed by atoms with van der Waals surface area (Å²) in [4.78, 5) is 18.0. The van der Waals surface area contributed by atoms with Gasteiger partial charge in [-0.2, -0.15) is 0 Å². The largest absolute Gasteiger partial charge is 0.462 e. The van der Waals surface area contributed by atoms with Crippen molar-refractivity contribution in [1.82, 2.24) is 9.38 Å². The molecule has 0 saturated carbocycles. The fourth-order valence-electron chi connectivity index (χ4n) is 2.64. The maximum Gasteiger partial charge on any atom is 0.338 e. The van der Waals surface area contributed by atoms with E-state index in [0.717, 1.165) is 0 Å². The van der Waals surface area contributed by atoms with Gasteiger partial charge in [-0.15, -0.1) is 0 Å². The minimum Gasteiger partial charge on any atom is -0.462 e. The minimum atomic E-state index is -2.61. The second-order valence-corrected chi connectivity index (χ2v) is 5.32. The van der Waals surface area contributed by atoms with E-state index in [2.05, 4.69) is 4.98 Å². The van der Waals surface area contributed by atoms with Crippen LogP contribution < -0.4 is 4.90 Å². The molecule has 0 aromatic carbocycles. The van der Waals surface area contributed by atoms with E-state index in [4.69, 9.17) is 4.74 Å². The molecule has 118 valence electrons. The van der Waals surface area contributed by atoms with Crippen molar-refractivity contribution >= 4 is 17.4 Å². The summed E-state index contributed by atoms with van der Waals surface area (Å²) in [5, 5.41) is 0. The molecular weight excluding hydrogens is 292 g/mol. The van der Waals surface area contributed by atoms with Crippen molar-refractivity contribution in [2.75, 3.05) is 24.6 Å². The lowest BCUT2D eigenvalue weighted by Crippen LogP contribution is -2.40. The normalized spacial score (nSPS) is 17.7. The van der Waals surface area contributed by atoms with E-state index < -0.39 is 11.9 Å². The van der Waals surface area contributed by atoms with Gasteiger partial charge in [-0.1, -0.05) is 0 Å². The lowest BCUT2D eigenvalue weighted by molar-refractivity contribution is -0.0222. The smallest absolute Gasteiger partial charge is 0.338 e. The maximum absolute atomic E-state index is 13.3. The first kappa shape index (κ1) is 14.7. The van der Waals surface area contributed by atoms with Gasteiger partial charge in [0.05, 0.1) is 12.2 Å². The van der Waals surface area contributed by atoms with Gasteiger partial charge in [0.2, 0.25) is 0 Å². The number of piperidine rings is 1. The van der Waals surface area contributed by atoms with Crippen molar-refractivity contribution in [1.29, 1.82) is 0 Å². The van der Waals surface area contributed by atoms with Crippen LogP contribution in [0.25, 0.3) is 5.65 Å². The minimum absolute atomic E-state index is 0.188. The molecule has 1 saturated heterocycles. The highest BCUT2D eigenvalue weighted by Gasteiger charge is 2.34. The van der Waals surface area contributed by atoms with Crippen molar-refractivity contribution < 1.29 is 18.3 Å². The van der Waals surface area contributed by atoms with Gasteiger partial charge in [0, 0.05) is 38.3 Å². The molecule has 2 aromatic heterocycles. The van der Waals surface area contributed by atoms with E-state index in [1.807, 2.05) is 4.90 Å². The number of hydrogen-bond donors (Lipinski definition) is 0. The average Bonchev–Trinajstić information content (AvgIpc) is 2.95. The molecule has 0 atom stereocenters. The summed E-state index contributed by atoms with van der Waals surface area (Å²) in [6.07, 6.45) is 3.00. The first-order valence-corrected chi connectivity index (χ1v) is 7.27. The highest BCUT2D eigenvalue weighted by molar-refractivity contribution is 5.91. The Kier molecular flexibility index (Phi) is 3.72. The molecule has 0 N–H and O–H groups in total. The fourth-order valence-corrected chi connectivity index (χ4v) is 2.64. The number of imidazole rings is 1. The standard InChI is InChI=1S/C15H17F2N3O2/c1-2-22-14(21)11-9-12-18-5-8-20(12)13(10-11)19-6-3-15(16,17)4-7-19/h5,8-10H,2-4,6-7H2,1H3. The van der Waals surface area contributed by atoms with E-state index in [1.54, 1.807) is 35.9 Å². The monoisotopic (exact) mass is 309 g/mol. The number of halogens is 2. The van der Waals surface area contributed by atoms with Crippen molar-refractivity contribution in [3.8, 4) is 0 Å². The Labute approximate surface area is 126 Å². The molecule has 0 amide bonds. The first-order chi connectivity index (χ1) is 10.5. The zero-order valence-electron chi connectivity index (χ0n) is 12.3. The Balaban J connectivity index is 1.97. The quantitative estimate of drug-likeness (QED) is 0.818. The molecule has 0 unspecified atom stereocenters. The van der Waals surface area contributed by atoms with Crippen LogP contribution in [-0.4, -0.2) is 41.0 Å². The number of alkyl halides is 2. The summed E-state index contributed by atoms with van der Waals surface area (Å²) < 4.78 is 33.5. The summed E-state index contributed by atoms with van der Waals surface area (Å²) in [7, 11) is 0. The highest BCUT2D eigenvalue weighted by atomic mass is 19.3. The van der Waals surface area contributed by atoms with Crippen LogP contribution in [0.15, 0.2) is 24.5 Å². The topological polar surface area (TPSA) is 46.8 Å². The summed E-state index contributed by atoms with van der Waals surface area (Å²) >= 11 is 0. The number of rotatable bonds is 3. The van der Waals surface area contributed by atoms with Crippen LogP contribution in [0.4, 0.5) is 14.6 Å². The molecule has 0 aliphatic carbocycles. The molecule has 2 aromatic rings. The van der Waals surface area contributed by atoms with Crippen LogP contribution in [0.2, 0.25) is 0 Å². The number of ether oxygens (including phenoxy) is 1. The molecule has 1 fully saturated rings. The van der Waals surface area contributed by atoms with Crippen LogP contribution in [0.3, 0.4) is 0 Å². The number of carbonyl (C=O) groups is 1. The van der Waals surface area contributed by atoms with Gasteiger partial charge in [0.15, 0.2) is 0 Å². The lowest BCUT2D eigenvalue weighted by Gasteiger charge is -2.33. The number of carbonyl (C=O) groups excluding carboxylic acids is 1. The molecular formula is C15H17F2N3O2. The highest BCUT2D eigenvalue weighted by Crippen LogP contribution is 2.31. The molecule has 22 heavy (non-hydrogen) atoms.